The summed E-state index contributed by atoms with van der Waals surface area (Å²) in [7, 11) is 3.86. The van der Waals surface area contributed by atoms with Crippen molar-refractivity contribution >= 4 is 35.6 Å². The number of anilines is 1. The second kappa shape index (κ2) is 9.07. The summed E-state index contributed by atoms with van der Waals surface area (Å²) >= 11 is 0. The van der Waals surface area contributed by atoms with Gasteiger partial charge in [-0.05, 0) is 36.4 Å². The molecule has 1 aromatic carbocycles. The van der Waals surface area contributed by atoms with E-state index in [0.717, 1.165) is 44.4 Å². The molecule has 0 atom stereocenters. The molecule has 1 aromatic heterocycles. The van der Waals surface area contributed by atoms with E-state index < -0.39 is 0 Å². The third kappa shape index (κ3) is 4.87. The van der Waals surface area contributed by atoms with Gasteiger partial charge in [0.1, 0.15) is 5.82 Å². The lowest BCUT2D eigenvalue weighted by atomic mass is 10.2. The largest absolute Gasteiger partial charge is 0.368 e. The number of hydrogen-bond acceptors (Lipinski definition) is 2. The number of aromatic nitrogens is 1. The average molecular weight is 457 g/mol. The van der Waals surface area contributed by atoms with Crippen LogP contribution in [0.4, 0.5) is 10.1 Å². The molecule has 0 radical (unpaired) electrons. The normalized spacial score (nSPS) is 15.1. The molecule has 0 unspecified atom stereocenters. The van der Waals surface area contributed by atoms with Crippen LogP contribution < -0.4 is 10.2 Å². The molecule has 0 amide bonds. The van der Waals surface area contributed by atoms with Crippen LogP contribution in [-0.2, 0) is 13.6 Å². The van der Waals surface area contributed by atoms with Crippen LogP contribution in [0.1, 0.15) is 5.69 Å². The average Bonchev–Trinajstić information content (AvgIpc) is 3.02. The number of nitrogens with one attached hydrogen (secondary N) is 1. The maximum absolute atomic E-state index is 13.0. The van der Waals surface area contributed by atoms with E-state index in [9.17, 15) is 4.39 Å². The number of nitrogens with zero attached hydrogens (tertiary/aromatic N) is 4. The van der Waals surface area contributed by atoms with Crippen LogP contribution in [0, 0.1) is 5.82 Å². The van der Waals surface area contributed by atoms with Gasteiger partial charge in [0.05, 0.1) is 6.54 Å². The first-order chi connectivity index (χ1) is 11.7. The van der Waals surface area contributed by atoms with Crippen molar-refractivity contribution in [1.29, 1.82) is 0 Å². The Bertz CT molecular complexity index is 690. The van der Waals surface area contributed by atoms with Gasteiger partial charge in [0, 0.05) is 57.9 Å². The molecule has 2 aromatic rings. The highest BCUT2D eigenvalue weighted by molar-refractivity contribution is 14.0. The molecule has 1 fully saturated rings. The summed E-state index contributed by atoms with van der Waals surface area (Å²) in [6.45, 7) is 4.34. The number of hydrogen-bond donors (Lipinski definition) is 1. The first-order valence-corrected chi connectivity index (χ1v) is 8.23. The summed E-state index contributed by atoms with van der Waals surface area (Å²) in [6.07, 6.45) is 2.04. The Kier molecular flexibility index (Phi) is 7.10. The molecule has 0 saturated carbocycles. The van der Waals surface area contributed by atoms with Gasteiger partial charge in [0.2, 0.25) is 0 Å². The summed E-state index contributed by atoms with van der Waals surface area (Å²) in [5.74, 6) is 0.734. The second-order valence-corrected chi connectivity index (χ2v) is 5.96. The summed E-state index contributed by atoms with van der Waals surface area (Å²) in [5, 5.41) is 3.43. The number of rotatable bonds is 3. The van der Waals surface area contributed by atoms with E-state index >= 15 is 0 Å². The number of halogens is 2. The molecule has 3 rings (SSSR count). The molecule has 7 heteroatoms. The number of benzene rings is 1. The predicted molar refractivity (Wildman–Crippen MR) is 111 cm³/mol. The van der Waals surface area contributed by atoms with Crippen LogP contribution in [-0.4, -0.2) is 48.7 Å². The SMILES string of the molecule is CN=C(NCc1cccn1C)N1CCN(c2ccc(F)cc2)CC1.I. The zero-order chi connectivity index (χ0) is 16.9. The fraction of sp³-hybridized carbons (Fsp3) is 0.389. The molecular formula is C18H25FIN5. The van der Waals surface area contributed by atoms with Crippen molar-refractivity contribution in [3.05, 3.63) is 54.1 Å². The molecule has 0 bridgehead atoms. The molecule has 2 heterocycles. The summed E-state index contributed by atoms with van der Waals surface area (Å²) in [4.78, 5) is 8.95. The molecule has 1 saturated heterocycles. The van der Waals surface area contributed by atoms with E-state index in [1.54, 1.807) is 0 Å². The van der Waals surface area contributed by atoms with Crippen molar-refractivity contribution in [2.45, 2.75) is 6.54 Å². The van der Waals surface area contributed by atoms with E-state index in [-0.39, 0.29) is 29.8 Å². The van der Waals surface area contributed by atoms with Gasteiger partial charge in [-0.15, -0.1) is 24.0 Å². The molecule has 5 nitrogen and oxygen atoms in total. The maximum atomic E-state index is 13.0. The fourth-order valence-corrected chi connectivity index (χ4v) is 3.01. The van der Waals surface area contributed by atoms with Crippen LogP contribution in [0.15, 0.2) is 47.6 Å². The Labute approximate surface area is 165 Å². The Balaban J connectivity index is 0.00000225. The van der Waals surface area contributed by atoms with Crippen molar-refractivity contribution < 1.29 is 4.39 Å². The minimum atomic E-state index is -0.192. The Hall–Kier alpha value is -1.77. The summed E-state index contributed by atoms with van der Waals surface area (Å²) in [5.41, 5.74) is 2.30. The third-order valence-corrected chi connectivity index (χ3v) is 4.46. The van der Waals surface area contributed by atoms with Gasteiger partial charge in [0.25, 0.3) is 0 Å². The van der Waals surface area contributed by atoms with Gasteiger partial charge in [-0.3, -0.25) is 4.99 Å². The van der Waals surface area contributed by atoms with Gasteiger partial charge in [-0.25, -0.2) is 4.39 Å². The first kappa shape index (κ1) is 19.6. The van der Waals surface area contributed by atoms with Crippen molar-refractivity contribution in [3.8, 4) is 0 Å². The Morgan fingerprint density at radius 2 is 1.80 bits per heavy atom. The van der Waals surface area contributed by atoms with Crippen LogP contribution in [0.2, 0.25) is 0 Å². The van der Waals surface area contributed by atoms with Gasteiger partial charge in [-0.1, -0.05) is 0 Å². The monoisotopic (exact) mass is 457 g/mol. The summed E-state index contributed by atoms with van der Waals surface area (Å²) in [6, 6.07) is 10.9. The molecule has 1 N–H and O–H groups in total. The van der Waals surface area contributed by atoms with Crippen molar-refractivity contribution in [2.24, 2.45) is 12.0 Å². The lowest BCUT2D eigenvalue weighted by Crippen LogP contribution is -2.52. The molecule has 1 aliphatic rings. The van der Waals surface area contributed by atoms with Gasteiger partial charge in [-0.2, -0.15) is 0 Å². The van der Waals surface area contributed by atoms with Gasteiger partial charge >= 0.3 is 0 Å². The lowest BCUT2D eigenvalue weighted by molar-refractivity contribution is 0.372. The van der Waals surface area contributed by atoms with E-state index in [2.05, 4.69) is 30.7 Å². The quantitative estimate of drug-likeness (QED) is 0.438. The molecule has 1 aliphatic heterocycles. The molecule has 25 heavy (non-hydrogen) atoms. The zero-order valence-corrected chi connectivity index (χ0v) is 17.0. The van der Waals surface area contributed by atoms with Crippen molar-refractivity contribution in [2.75, 3.05) is 38.1 Å². The number of aryl methyl sites for hydroxylation is 1. The summed E-state index contributed by atoms with van der Waals surface area (Å²) < 4.78 is 15.1. The molecule has 0 spiro atoms. The van der Waals surface area contributed by atoms with E-state index in [1.165, 1.54) is 17.8 Å². The van der Waals surface area contributed by atoms with E-state index in [4.69, 9.17) is 0 Å². The second-order valence-electron chi connectivity index (χ2n) is 5.96. The van der Waals surface area contributed by atoms with Crippen LogP contribution in [0.3, 0.4) is 0 Å². The van der Waals surface area contributed by atoms with Crippen molar-refractivity contribution in [1.82, 2.24) is 14.8 Å². The third-order valence-electron chi connectivity index (χ3n) is 4.46. The van der Waals surface area contributed by atoms with Crippen molar-refractivity contribution in [3.63, 3.8) is 0 Å². The topological polar surface area (TPSA) is 35.8 Å². The minimum absolute atomic E-state index is 0. The van der Waals surface area contributed by atoms with Crippen LogP contribution in [0.25, 0.3) is 0 Å². The van der Waals surface area contributed by atoms with E-state index in [0.29, 0.717) is 0 Å². The van der Waals surface area contributed by atoms with Crippen LogP contribution >= 0.6 is 24.0 Å². The molecule has 136 valence electrons. The number of piperazine rings is 1. The maximum Gasteiger partial charge on any atom is 0.194 e. The van der Waals surface area contributed by atoms with Crippen LogP contribution in [0.5, 0.6) is 0 Å². The lowest BCUT2D eigenvalue weighted by Gasteiger charge is -2.37. The zero-order valence-electron chi connectivity index (χ0n) is 14.7. The highest BCUT2D eigenvalue weighted by atomic mass is 127. The number of guanidine groups is 1. The first-order valence-electron chi connectivity index (χ1n) is 8.23. The standard InChI is InChI=1S/C18H24FN5.HI/c1-20-18(21-14-17-4-3-9-22(17)2)24-12-10-23(11-13-24)16-7-5-15(19)6-8-16;/h3-9H,10-14H2,1-2H3,(H,20,21);1H. The highest BCUT2D eigenvalue weighted by Gasteiger charge is 2.19. The number of aliphatic imine (C=N–C) groups is 1. The minimum Gasteiger partial charge on any atom is -0.368 e. The van der Waals surface area contributed by atoms with E-state index in [1.807, 2.05) is 38.5 Å². The Morgan fingerprint density at radius 3 is 2.36 bits per heavy atom. The van der Waals surface area contributed by atoms with Gasteiger partial charge < -0.3 is 19.7 Å². The molecule has 0 aliphatic carbocycles. The highest BCUT2D eigenvalue weighted by Crippen LogP contribution is 2.17. The predicted octanol–water partition coefficient (Wildman–Crippen LogP) is 2.68. The Morgan fingerprint density at radius 1 is 1.12 bits per heavy atom. The van der Waals surface area contributed by atoms with Gasteiger partial charge in [0.15, 0.2) is 5.96 Å². The molecular weight excluding hydrogens is 432 g/mol. The smallest absolute Gasteiger partial charge is 0.194 e. The fourth-order valence-electron chi connectivity index (χ4n) is 3.01.